The topological polar surface area (TPSA) is 532 Å². The Bertz CT molecular complexity index is 3550. The fourth-order valence-electron chi connectivity index (χ4n) is 11.6. The lowest BCUT2D eigenvalue weighted by Gasteiger charge is -2.43. The highest BCUT2D eigenvalue weighted by molar-refractivity contribution is 5.91. The van der Waals surface area contributed by atoms with Gasteiger partial charge < -0.3 is 122 Å². The Hall–Kier alpha value is -10.9. The van der Waals surface area contributed by atoms with Gasteiger partial charge in [0.15, 0.2) is 93.6 Å². The van der Waals surface area contributed by atoms with E-state index in [-0.39, 0.29) is 132 Å². The summed E-state index contributed by atoms with van der Waals surface area (Å²) >= 11 is 0. The summed E-state index contributed by atoms with van der Waals surface area (Å²) < 4.78 is 101. The van der Waals surface area contributed by atoms with Crippen LogP contribution >= 0.6 is 0 Å². The molecule has 2 aromatic rings. The van der Waals surface area contributed by atoms with Crippen LogP contribution in [0.1, 0.15) is 132 Å². The molecule has 41 heteroatoms. The number of ether oxygens (including phenoxy) is 18. The smallest absolute Gasteiger partial charge is 0.335 e. The summed E-state index contributed by atoms with van der Waals surface area (Å²) in [6.07, 6.45) is -17.6. The molecule has 41 nitrogen and oxygen atoms in total. The van der Waals surface area contributed by atoms with Gasteiger partial charge in [0.1, 0.15) is 17.2 Å². The Morgan fingerprint density at radius 2 is 0.535 bits per heavy atom. The Morgan fingerprint density at radius 3 is 0.789 bits per heavy atom. The molecule has 0 aliphatic carbocycles. The van der Waals surface area contributed by atoms with Crippen LogP contribution in [0.15, 0.2) is 36.4 Å². The Morgan fingerprint density at radius 1 is 0.307 bits per heavy atom. The summed E-state index contributed by atoms with van der Waals surface area (Å²) in [4.78, 5) is 198. The average molecular weight is 1620 g/mol. The van der Waals surface area contributed by atoms with Crippen molar-refractivity contribution in [3.8, 4) is 28.4 Å². The van der Waals surface area contributed by atoms with Crippen molar-refractivity contribution in [1.82, 2.24) is 31.9 Å². The normalized spacial score (nSPS) is 22.8. The third kappa shape index (κ3) is 33.4. The highest BCUT2D eigenvalue weighted by Crippen LogP contribution is 2.36. The van der Waals surface area contributed by atoms with E-state index in [1.165, 1.54) is 51.1 Å². The summed E-state index contributed by atoms with van der Waals surface area (Å²) in [5.74, 6) is -11.6. The Balaban J connectivity index is 1.16. The molecule has 0 spiro atoms. The molecule has 0 aromatic heterocycles. The first-order chi connectivity index (χ1) is 54.0. The largest absolute Gasteiger partial charge is 0.484 e. The van der Waals surface area contributed by atoms with E-state index in [2.05, 4.69) is 31.9 Å². The number of aromatic carboxylic acids is 1. The molecule has 3 aliphatic rings. The van der Waals surface area contributed by atoms with Gasteiger partial charge in [-0.1, -0.05) is 0 Å². The first-order valence-electron chi connectivity index (χ1n) is 36.4. The first-order valence-corrected chi connectivity index (χ1v) is 36.4. The predicted molar refractivity (Wildman–Crippen MR) is 382 cm³/mol. The average Bonchev–Trinajstić information content (AvgIpc) is 0.809. The van der Waals surface area contributed by atoms with Gasteiger partial charge in [0.2, 0.25) is 17.7 Å². The minimum atomic E-state index is -1.40. The highest BCUT2D eigenvalue weighted by Gasteiger charge is 2.54. The molecule has 3 fully saturated rings. The second-order valence-electron chi connectivity index (χ2n) is 25.9. The molecular weight excluding hydrogens is 1520 g/mol. The molecule has 114 heavy (non-hydrogen) atoms. The van der Waals surface area contributed by atoms with E-state index < -0.39 is 207 Å². The number of rotatable bonds is 44. The summed E-state index contributed by atoms with van der Waals surface area (Å²) in [5.41, 5.74) is 0.0555. The van der Waals surface area contributed by atoms with Crippen LogP contribution < -0.4 is 46.1 Å². The molecular formula is C73H100N6O35. The fourth-order valence-corrected chi connectivity index (χ4v) is 11.6. The molecule has 7 N–H and O–H groups in total. The number of nitrogens with one attached hydrogen (secondary N) is 6. The van der Waals surface area contributed by atoms with Crippen LogP contribution in [0.25, 0.3) is 11.1 Å². The van der Waals surface area contributed by atoms with E-state index in [0.717, 1.165) is 68.4 Å². The number of esters is 9. The lowest BCUT2D eigenvalue weighted by Crippen LogP contribution is -2.61. The lowest BCUT2D eigenvalue weighted by molar-refractivity contribution is -0.300. The number of hydrogen-bond acceptors (Lipinski definition) is 34. The van der Waals surface area contributed by atoms with Crippen LogP contribution in [0.3, 0.4) is 0 Å². The summed E-state index contributed by atoms with van der Waals surface area (Å²) in [6.45, 7) is 12.2. The maximum atomic E-state index is 13.2. The van der Waals surface area contributed by atoms with E-state index in [0.29, 0.717) is 0 Å². The molecule has 0 unspecified atom stereocenters. The number of carbonyl (C=O) groups is 16. The van der Waals surface area contributed by atoms with Gasteiger partial charge in [-0.2, -0.15) is 0 Å². The van der Waals surface area contributed by atoms with Crippen LogP contribution in [-0.4, -0.2) is 271 Å². The van der Waals surface area contributed by atoms with Gasteiger partial charge in [-0.25, -0.2) is 4.79 Å². The number of amides is 6. The maximum absolute atomic E-state index is 13.2. The molecule has 3 aliphatic heterocycles. The first kappa shape index (κ1) is 93.7. The van der Waals surface area contributed by atoms with Crippen molar-refractivity contribution in [1.29, 1.82) is 0 Å². The maximum Gasteiger partial charge on any atom is 0.335 e. The van der Waals surface area contributed by atoms with Crippen LogP contribution in [0.2, 0.25) is 0 Å². The van der Waals surface area contributed by atoms with E-state index in [9.17, 15) is 81.8 Å². The van der Waals surface area contributed by atoms with Crippen molar-refractivity contribution in [2.45, 2.75) is 214 Å². The van der Waals surface area contributed by atoms with Gasteiger partial charge in [-0.05, 0) is 81.5 Å². The van der Waals surface area contributed by atoms with Crippen molar-refractivity contribution in [3.63, 3.8) is 0 Å². The molecule has 2 aromatic carbocycles. The molecule has 0 bridgehead atoms. The fraction of sp³-hybridized carbons (Fsp3) is 0.616. The van der Waals surface area contributed by atoms with E-state index in [4.69, 9.17) is 85.3 Å². The second kappa shape index (κ2) is 47.6. The van der Waals surface area contributed by atoms with Crippen molar-refractivity contribution >= 4 is 95.1 Å². The minimum Gasteiger partial charge on any atom is -0.484 e. The Labute approximate surface area is 654 Å². The highest BCUT2D eigenvalue weighted by atomic mass is 16.8. The quantitative estimate of drug-likeness (QED) is 0.0259. The van der Waals surface area contributed by atoms with E-state index in [1.54, 1.807) is 0 Å². The number of benzene rings is 2. The SMILES string of the molecule is CC(=O)O[C@@H]1[C@@H](OC(C)=O)[C@H](C)O[C@@H](OCCCC(=O)NCCNC(=O)COc2cc(OCC(=O)NCCNC(=O)CCCO[C@@H]3O[C@@H](C)[C@H](OC(C)=O)[C@@H](OC(C)=O)[C@H]3OC(C)=O)cc(-c3cc(OCC(=O)NCCNC(=O)CCCO[C@@H]4O[C@@H](C)[C@H](OC(C)=O)[C@@H](OC(C)=O)[C@H]4OC(C)=O)cc(C(=O)O)c3)c2)[C@@H]1OC(C)=O. The summed E-state index contributed by atoms with van der Waals surface area (Å²) in [7, 11) is 0. The van der Waals surface area contributed by atoms with Gasteiger partial charge in [0.25, 0.3) is 17.7 Å². The number of carboxylic acids is 1. The van der Waals surface area contributed by atoms with Crippen LogP contribution in [0, 0.1) is 0 Å². The number of hydrogen-bond donors (Lipinski definition) is 7. The monoisotopic (exact) mass is 1620 g/mol. The molecule has 3 heterocycles. The number of carboxylic acid groups (broad SMARTS) is 1. The zero-order valence-electron chi connectivity index (χ0n) is 65.2. The molecule has 632 valence electrons. The third-order valence-corrected chi connectivity index (χ3v) is 16.2. The van der Waals surface area contributed by atoms with Gasteiger partial charge in [0, 0.05) is 127 Å². The lowest BCUT2D eigenvalue weighted by atomic mass is 9.99. The van der Waals surface area contributed by atoms with Gasteiger partial charge in [-0.15, -0.1) is 0 Å². The van der Waals surface area contributed by atoms with Crippen molar-refractivity contribution in [3.05, 3.63) is 42.0 Å². The van der Waals surface area contributed by atoms with Crippen molar-refractivity contribution in [2.24, 2.45) is 0 Å². The third-order valence-electron chi connectivity index (χ3n) is 16.2. The van der Waals surface area contributed by atoms with Gasteiger partial charge in [0.05, 0.1) is 43.7 Å². The number of carbonyl (C=O) groups excluding carboxylic acids is 15. The van der Waals surface area contributed by atoms with Crippen LogP contribution in [0.4, 0.5) is 0 Å². The molecule has 6 amide bonds. The van der Waals surface area contributed by atoms with Gasteiger partial charge in [-0.3, -0.25) is 71.9 Å². The van der Waals surface area contributed by atoms with E-state index in [1.807, 2.05) is 0 Å². The zero-order valence-corrected chi connectivity index (χ0v) is 65.2. The van der Waals surface area contributed by atoms with Crippen LogP contribution in [0.5, 0.6) is 17.2 Å². The zero-order chi connectivity index (χ0) is 84.3. The van der Waals surface area contributed by atoms with Crippen molar-refractivity contribution < 1.29 is 167 Å². The molecule has 0 saturated carbocycles. The molecule has 15 atom stereocenters. The predicted octanol–water partition coefficient (Wildman–Crippen LogP) is -0.105. The summed E-state index contributed by atoms with van der Waals surface area (Å²) in [5, 5.41) is 25.9. The van der Waals surface area contributed by atoms with E-state index >= 15 is 0 Å². The Kier molecular flexibility index (Phi) is 39.1. The molecule has 5 rings (SSSR count). The van der Waals surface area contributed by atoms with Gasteiger partial charge >= 0.3 is 59.7 Å². The summed E-state index contributed by atoms with van der Waals surface area (Å²) in [6, 6.07) is 7.96. The van der Waals surface area contributed by atoms with Crippen molar-refractivity contribution in [2.75, 3.05) is 78.9 Å². The molecule has 3 saturated heterocycles. The standard InChI is InChI=1S/C73H100N6O35/c1-37-61(106-40(4)80)64(109-43(7)83)67(112-46(10)86)71(103-37)97-25-13-16-55(89)74-19-22-77-58(92)34-100-52-29-49(28-51(32-52)70(95)96)50-30-53(101-35-59(93)78-23-20-75-56(90)17-14-26-98-72-68(113-47(11)87)65(110-44(8)84)62(38(2)104-72)107-41(5)81)33-54(31-50)102-36-60(94)79-24-21-76-57(91)18-15-27-99-73-69(114-48(12)88)66(111-45(9)85)63(39(3)105-73)108-42(6)82/h28-33,37-39,61-69,71-73H,13-27,34-36H2,1-12H3,(H,74,89)(H,75,90)(H,76,91)(H,77,92)(H,78,93)(H,79,94)(H,95,96)/t37-,38-,39-,61-,62-,63-,64+,65+,66+,67+,68+,69+,71+,72+,73+/m0/s1. The van der Waals surface area contributed by atoms with Crippen LogP contribution in [-0.2, 0) is 143 Å². The molecule has 0 radical (unpaired) electrons. The minimum absolute atomic E-state index is 0.0298. The second-order valence-corrected chi connectivity index (χ2v) is 25.9.